The Labute approximate surface area is 156 Å². The molecule has 4 nitrogen and oxygen atoms in total. The Morgan fingerprint density at radius 1 is 0.778 bits per heavy atom. The van der Waals surface area contributed by atoms with Crippen LogP contribution in [-0.2, 0) is 6.42 Å². The van der Waals surface area contributed by atoms with Crippen molar-refractivity contribution in [1.29, 1.82) is 0 Å². The zero-order valence-electron chi connectivity index (χ0n) is 14.5. The SMILES string of the molecule is Nc1nc(-c2ccc(F)cc2)c(Cc2ccccc2)c(-c2ccccn2)n1. The van der Waals surface area contributed by atoms with Crippen LogP contribution in [0.3, 0.4) is 0 Å². The van der Waals surface area contributed by atoms with E-state index in [4.69, 9.17) is 5.73 Å². The molecule has 0 saturated carbocycles. The first-order valence-corrected chi connectivity index (χ1v) is 8.58. The lowest BCUT2D eigenvalue weighted by Gasteiger charge is -2.14. The molecule has 132 valence electrons. The van der Waals surface area contributed by atoms with E-state index in [0.717, 1.165) is 22.4 Å². The van der Waals surface area contributed by atoms with Crippen LogP contribution >= 0.6 is 0 Å². The summed E-state index contributed by atoms with van der Waals surface area (Å²) in [6.45, 7) is 0. The second kappa shape index (κ2) is 7.33. The van der Waals surface area contributed by atoms with Gasteiger partial charge in [0.05, 0.1) is 17.1 Å². The summed E-state index contributed by atoms with van der Waals surface area (Å²) in [4.78, 5) is 13.4. The Hall–Kier alpha value is -3.60. The van der Waals surface area contributed by atoms with E-state index in [2.05, 4.69) is 15.0 Å². The van der Waals surface area contributed by atoms with Crippen molar-refractivity contribution in [2.45, 2.75) is 6.42 Å². The van der Waals surface area contributed by atoms with Gasteiger partial charge in [-0.2, -0.15) is 0 Å². The Balaban J connectivity index is 1.94. The fourth-order valence-electron chi connectivity index (χ4n) is 3.03. The summed E-state index contributed by atoms with van der Waals surface area (Å²) >= 11 is 0. The topological polar surface area (TPSA) is 64.7 Å². The molecule has 0 aliphatic carbocycles. The number of rotatable bonds is 4. The molecule has 0 aliphatic rings. The number of benzene rings is 2. The van der Waals surface area contributed by atoms with E-state index < -0.39 is 0 Å². The minimum Gasteiger partial charge on any atom is -0.368 e. The number of hydrogen-bond donors (Lipinski definition) is 1. The van der Waals surface area contributed by atoms with Crippen LogP contribution in [0.5, 0.6) is 0 Å². The van der Waals surface area contributed by atoms with E-state index in [1.807, 2.05) is 48.5 Å². The third-order valence-electron chi connectivity index (χ3n) is 4.27. The van der Waals surface area contributed by atoms with Crippen LogP contribution in [0, 0.1) is 5.82 Å². The second-order valence-electron chi connectivity index (χ2n) is 6.14. The zero-order valence-corrected chi connectivity index (χ0v) is 14.5. The zero-order chi connectivity index (χ0) is 18.6. The highest BCUT2D eigenvalue weighted by molar-refractivity contribution is 5.74. The van der Waals surface area contributed by atoms with Gasteiger partial charge < -0.3 is 5.73 Å². The molecule has 0 amide bonds. The lowest BCUT2D eigenvalue weighted by molar-refractivity contribution is 0.628. The molecule has 2 heterocycles. The minimum absolute atomic E-state index is 0.159. The van der Waals surface area contributed by atoms with Gasteiger partial charge in [0.1, 0.15) is 5.82 Å². The fourth-order valence-corrected chi connectivity index (χ4v) is 3.03. The Bertz CT molecular complexity index is 1050. The maximum Gasteiger partial charge on any atom is 0.221 e. The van der Waals surface area contributed by atoms with Crippen molar-refractivity contribution in [3.05, 3.63) is 95.9 Å². The highest BCUT2D eigenvalue weighted by Gasteiger charge is 2.18. The predicted molar refractivity (Wildman–Crippen MR) is 104 cm³/mol. The van der Waals surface area contributed by atoms with Crippen LogP contribution in [0.2, 0.25) is 0 Å². The van der Waals surface area contributed by atoms with Crippen molar-refractivity contribution in [3.8, 4) is 22.6 Å². The van der Waals surface area contributed by atoms with Crippen molar-refractivity contribution < 1.29 is 4.39 Å². The Kier molecular flexibility index (Phi) is 4.58. The summed E-state index contributed by atoms with van der Waals surface area (Å²) in [7, 11) is 0. The highest BCUT2D eigenvalue weighted by atomic mass is 19.1. The summed E-state index contributed by atoms with van der Waals surface area (Å²) in [6.07, 6.45) is 2.33. The molecule has 5 heteroatoms. The lowest BCUT2D eigenvalue weighted by atomic mass is 9.96. The first kappa shape index (κ1) is 16.8. The molecule has 0 fully saturated rings. The monoisotopic (exact) mass is 356 g/mol. The number of pyridine rings is 1. The van der Waals surface area contributed by atoms with Gasteiger partial charge in [0, 0.05) is 23.7 Å². The number of aromatic nitrogens is 3. The van der Waals surface area contributed by atoms with Crippen molar-refractivity contribution >= 4 is 5.95 Å². The van der Waals surface area contributed by atoms with Gasteiger partial charge in [-0.1, -0.05) is 36.4 Å². The molecular weight excluding hydrogens is 339 g/mol. The molecule has 0 spiro atoms. The van der Waals surface area contributed by atoms with Crippen LogP contribution in [0.15, 0.2) is 79.0 Å². The molecule has 0 saturated heterocycles. The molecule has 27 heavy (non-hydrogen) atoms. The quantitative estimate of drug-likeness (QED) is 0.584. The van der Waals surface area contributed by atoms with Gasteiger partial charge in [-0.3, -0.25) is 4.98 Å². The molecule has 0 atom stereocenters. The van der Waals surface area contributed by atoms with E-state index >= 15 is 0 Å². The van der Waals surface area contributed by atoms with E-state index in [0.29, 0.717) is 17.8 Å². The van der Waals surface area contributed by atoms with Gasteiger partial charge in [0.25, 0.3) is 0 Å². The Morgan fingerprint density at radius 2 is 1.48 bits per heavy atom. The molecule has 4 rings (SSSR count). The molecule has 0 bridgehead atoms. The largest absolute Gasteiger partial charge is 0.368 e. The molecule has 0 unspecified atom stereocenters. The molecule has 2 aromatic heterocycles. The number of nitrogens with zero attached hydrogens (tertiary/aromatic N) is 3. The van der Waals surface area contributed by atoms with E-state index in [-0.39, 0.29) is 11.8 Å². The van der Waals surface area contributed by atoms with Gasteiger partial charge in [-0.15, -0.1) is 0 Å². The average Bonchev–Trinajstić information content (AvgIpc) is 2.71. The lowest BCUT2D eigenvalue weighted by Crippen LogP contribution is -2.06. The smallest absolute Gasteiger partial charge is 0.221 e. The molecule has 2 N–H and O–H groups in total. The van der Waals surface area contributed by atoms with Crippen LogP contribution in [0.4, 0.5) is 10.3 Å². The van der Waals surface area contributed by atoms with Crippen LogP contribution in [0.1, 0.15) is 11.1 Å². The fraction of sp³-hybridized carbons (Fsp3) is 0.0455. The van der Waals surface area contributed by atoms with E-state index in [1.54, 1.807) is 18.3 Å². The molecule has 4 aromatic rings. The summed E-state index contributed by atoms with van der Waals surface area (Å²) in [5, 5.41) is 0. The number of nitrogens with two attached hydrogens (primary N) is 1. The first-order valence-electron chi connectivity index (χ1n) is 8.58. The van der Waals surface area contributed by atoms with Crippen molar-refractivity contribution in [3.63, 3.8) is 0 Å². The highest BCUT2D eigenvalue weighted by Crippen LogP contribution is 2.31. The van der Waals surface area contributed by atoms with E-state index in [9.17, 15) is 4.39 Å². The summed E-state index contributed by atoms with van der Waals surface area (Å²) in [5.41, 5.74) is 10.9. The number of anilines is 1. The number of nitrogen functional groups attached to an aromatic ring is 1. The molecule has 0 aliphatic heterocycles. The van der Waals surface area contributed by atoms with Crippen molar-refractivity contribution in [2.75, 3.05) is 5.73 Å². The maximum absolute atomic E-state index is 13.4. The van der Waals surface area contributed by atoms with Crippen LogP contribution in [0.25, 0.3) is 22.6 Å². The van der Waals surface area contributed by atoms with Crippen molar-refractivity contribution in [1.82, 2.24) is 15.0 Å². The standard InChI is InChI=1S/C22H17FN4/c23-17-11-9-16(10-12-17)20-18(14-15-6-2-1-3-7-15)21(27-22(24)26-20)19-8-4-5-13-25-19/h1-13H,14H2,(H2,24,26,27). The van der Waals surface area contributed by atoms with Gasteiger partial charge >= 0.3 is 0 Å². The van der Waals surface area contributed by atoms with Crippen LogP contribution < -0.4 is 5.73 Å². The second-order valence-corrected chi connectivity index (χ2v) is 6.14. The van der Waals surface area contributed by atoms with Gasteiger partial charge in [-0.25, -0.2) is 14.4 Å². The van der Waals surface area contributed by atoms with Crippen molar-refractivity contribution in [2.24, 2.45) is 0 Å². The maximum atomic E-state index is 13.4. The minimum atomic E-state index is -0.296. The normalized spacial score (nSPS) is 10.7. The van der Waals surface area contributed by atoms with Gasteiger partial charge in [0.15, 0.2) is 0 Å². The average molecular weight is 356 g/mol. The molecule has 2 aromatic carbocycles. The Morgan fingerprint density at radius 3 is 2.19 bits per heavy atom. The van der Waals surface area contributed by atoms with Gasteiger partial charge in [0.2, 0.25) is 5.95 Å². The number of halogens is 1. The predicted octanol–water partition coefficient (Wildman–Crippen LogP) is 4.52. The summed E-state index contributed by atoms with van der Waals surface area (Å²) < 4.78 is 13.4. The summed E-state index contributed by atoms with van der Waals surface area (Å²) in [5.74, 6) is -0.137. The van der Waals surface area contributed by atoms with E-state index in [1.165, 1.54) is 12.1 Å². The number of hydrogen-bond acceptors (Lipinski definition) is 4. The third kappa shape index (κ3) is 3.67. The molecule has 0 radical (unpaired) electrons. The van der Waals surface area contributed by atoms with Crippen LogP contribution in [-0.4, -0.2) is 15.0 Å². The molecular formula is C22H17FN4. The first-order chi connectivity index (χ1) is 13.2. The summed E-state index contributed by atoms with van der Waals surface area (Å²) in [6, 6.07) is 21.9. The van der Waals surface area contributed by atoms with Gasteiger partial charge in [-0.05, 0) is 42.0 Å². The third-order valence-corrected chi connectivity index (χ3v) is 4.27.